The second kappa shape index (κ2) is 3.42. The molecular weight excluding hydrogens is 160 g/mol. The molecule has 1 N–H and O–H groups in total. The van der Waals surface area contributed by atoms with Gasteiger partial charge in [-0.2, -0.15) is 0 Å². The van der Waals surface area contributed by atoms with Gasteiger partial charge >= 0.3 is 0 Å². The fourth-order valence-electron chi connectivity index (χ4n) is 0.901. The SMILES string of the molecule is CC(OO)C1=CC(=O)C=CC1=O. The molecule has 0 aliphatic heterocycles. The van der Waals surface area contributed by atoms with Crippen molar-refractivity contribution in [3.63, 3.8) is 0 Å². The van der Waals surface area contributed by atoms with Crippen LogP contribution in [0, 0.1) is 0 Å². The van der Waals surface area contributed by atoms with Crippen LogP contribution in [0.25, 0.3) is 0 Å². The smallest absolute Gasteiger partial charge is 0.184 e. The molecule has 1 aliphatic carbocycles. The maximum absolute atomic E-state index is 11.0. The van der Waals surface area contributed by atoms with E-state index in [0.717, 1.165) is 12.2 Å². The van der Waals surface area contributed by atoms with E-state index < -0.39 is 6.10 Å². The van der Waals surface area contributed by atoms with Crippen molar-refractivity contribution < 1.29 is 19.7 Å². The summed E-state index contributed by atoms with van der Waals surface area (Å²) in [6.45, 7) is 1.48. The fourth-order valence-corrected chi connectivity index (χ4v) is 0.901. The third-order valence-corrected chi connectivity index (χ3v) is 1.58. The minimum Gasteiger partial charge on any atom is -0.290 e. The van der Waals surface area contributed by atoms with E-state index in [4.69, 9.17) is 5.26 Å². The van der Waals surface area contributed by atoms with Crippen LogP contribution in [0.3, 0.4) is 0 Å². The van der Waals surface area contributed by atoms with Crippen LogP contribution in [0.5, 0.6) is 0 Å². The van der Waals surface area contributed by atoms with Crippen molar-refractivity contribution in [3.05, 3.63) is 23.8 Å². The summed E-state index contributed by atoms with van der Waals surface area (Å²) in [7, 11) is 0. The van der Waals surface area contributed by atoms with Crippen molar-refractivity contribution in [3.8, 4) is 0 Å². The molecule has 12 heavy (non-hydrogen) atoms. The number of rotatable bonds is 2. The molecule has 1 unspecified atom stereocenters. The highest BCUT2D eigenvalue weighted by Gasteiger charge is 2.19. The first kappa shape index (κ1) is 8.83. The van der Waals surface area contributed by atoms with E-state index in [0.29, 0.717) is 0 Å². The number of allylic oxidation sites excluding steroid dienone is 3. The summed E-state index contributed by atoms with van der Waals surface area (Å²) in [5, 5.41) is 8.26. The highest BCUT2D eigenvalue weighted by molar-refractivity contribution is 6.17. The molecular formula is C8H8O4. The van der Waals surface area contributed by atoms with Crippen molar-refractivity contribution in [1.29, 1.82) is 0 Å². The van der Waals surface area contributed by atoms with E-state index in [9.17, 15) is 9.59 Å². The van der Waals surface area contributed by atoms with E-state index in [-0.39, 0.29) is 17.1 Å². The second-order valence-corrected chi connectivity index (χ2v) is 2.45. The Hall–Kier alpha value is -1.26. The predicted octanol–water partition coefficient (Wildman–Crippen LogP) is 0.499. The van der Waals surface area contributed by atoms with Crippen LogP contribution in [-0.4, -0.2) is 22.9 Å². The van der Waals surface area contributed by atoms with Crippen LogP contribution in [0.15, 0.2) is 23.8 Å². The summed E-state index contributed by atoms with van der Waals surface area (Å²) in [5.41, 5.74) is 0.171. The van der Waals surface area contributed by atoms with Gasteiger partial charge in [0.15, 0.2) is 11.6 Å². The Labute approximate surface area is 69.1 Å². The van der Waals surface area contributed by atoms with Gasteiger partial charge in [-0.15, -0.1) is 0 Å². The van der Waals surface area contributed by atoms with E-state index >= 15 is 0 Å². The van der Waals surface area contributed by atoms with Gasteiger partial charge in [0.05, 0.1) is 0 Å². The monoisotopic (exact) mass is 168 g/mol. The third kappa shape index (κ3) is 1.66. The summed E-state index contributed by atoms with van der Waals surface area (Å²) in [4.78, 5) is 25.8. The minimum atomic E-state index is -0.758. The number of hydrogen-bond donors (Lipinski definition) is 1. The van der Waals surface area contributed by atoms with Crippen LogP contribution in [0.2, 0.25) is 0 Å². The van der Waals surface area contributed by atoms with Crippen LogP contribution in [0.1, 0.15) is 6.92 Å². The van der Waals surface area contributed by atoms with Crippen LogP contribution in [0.4, 0.5) is 0 Å². The van der Waals surface area contributed by atoms with E-state index in [1.807, 2.05) is 0 Å². The van der Waals surface area contributed by atoms with E-state index in [2.05, 4.69) is 4.89 Å². The van der Waals surface area contributed by atoms with Crippen molar-refractivity contribution in [2.24, 2.45) is 0 Å². The zero-order chi connectivity index (χ0) is 9.14. The first-order valence-electron chi connectivity index (χ1n) is 3.43. The maximum Gasteiger partial charge on any atom is 0.184 e. The lowest BCUT2D eigenvalue weighted by Gasteiger charge is -2.10. The van der Waals surface area contributed by atoms with Gasteiger partial charge < -0.3 is 0 Å². The summed E-state index contributed by atoms with van der Waals surface area (Å²) in [5.74, 6) is -0.579. The largest absolute Gasteiger partial charge is 0.290 e. The normalized spacial score (nSPS) is 19.3. The molecule has 0 aromatic carbocycles. The number of carbonyl (C=O) groups excluding carboxylic acids is 2. The summed E-state index contributed by atoms with van der Waals surface area (Å²) in [6, 6.07) is 0. The third-order valence-electron chi connectivity index (χ3n) is 1.58. The van der Waals surface area contributed by atoms with Crippen molar-refractivity contribution in [2.75, 3.05) is 0 Å². The van der Waals surface area contributed by atoms with Crippen molar-refractivity contribution >= 4 is 11.6 Å². The van der Waals surface area contributed by atoms with E-state index in [1.165, 1.54) is 13.0 Å². The topological polar surface area (TPSA) is 63.6 Å². The lowest BCUT2D eigenvalue weighted by Crippen LogP contribution is -2.19. The molecule has 0 aromatic heterocycles. The molecule has 0 saturated carbocycles. The molecule has 64 valence electrons. The molecule has 1 rings (SSSR count). The minimum absolute atomic E-state index is 0.171. The average Bonchev–Trinajstić information content (AvgIpc) is 2.08. The lowest BCUT2D eigenvalue weighted by atomic mass is 10.00. The molecule has 0 aromatic rings. The van der Waals surface area contributed by atoms with Crippen LogP contribution in [-0.2, 0) is 14.5 Å². The lowest BCUT2D eigenvalue weighted by molar-refractivity contribution is -0.263. The van der Waals surface area contributed by atoms with E-state index in [1.54, 1.807) is 0 Å². The molecule has 0 fully saturated rings. The molecule has 4 nitrogen and oxygen atoms in total. The first-order valence-corrected chi connectivity index (χ1v) is 3.43. The Morgan fingerprint density at radius 1 is 1.42 bits per heavy atom. The second-order valence-electron chi connectivity index (χ2n) is 2.45. The summed E-state index contributed by atoms with van der Waals surface area (Å²) >= 11 is 0. The molecule has 0 bridgehead atoms. The Balaban J connectivity index is 2.88. The van der Waals surface area contributed by atoms with Gasteiger partial charge in [0.1, 0.15) is 6.10 Å². The highest BCUT2D eigenvalue weighted by Crippen LogP contribution is 2.11. The number of carbonyl (C=O) groups is 2. The fraction of sp³-hybridized carbons (Fsp3) is 0.250. The zero-order valence-corrected chi connectivity index (χ0v) is 6.48. The molecule has 0 radical (unpaired) electrons. The Kier molecular flexibility index (Phi) is 2.52. The van der Waals surface area contributed by atoms with Gasteiger partial charge in [0, 0.05) is 5.57 Å². The van der Waals surface area contributed by atoms with Crippen LogP contribution < -0.4 is 0 Å². The van der Waals surface area contributed by atoms with Crippen molar-refractivity contribution in [1.82, 2.24) is 0 Å². The molecule has 0 saturated heterocycles. The van der Waals surface area contributed by atoms with Gasteiger partial charge in [0.25, 0.3) is 0 Å². The first-order chi connectivity index (χ1) is 5.65. The number of ketones is 2. The van der Waals surface area contributed by atoms with Gasteiger partial charge in [-0.1, -0.05) is 0 Å². The molecule has 0 amide bonds. The number of hydrogen-bond acceptors (Lipinski definition) is 4. The van der Waals surface area contributed by atoms with Gasteiger partial charge in [-0.3, -0.25) is 14.8 Å². The maximum atomic E-state index is 11.0. The average molecular weight is 168 g/mol. The predicted molar refractivity (Wildman–Crippen MR) is 40.4 cm³/mol. The molecule has 4 heteroatoms. The summed E-state index contributed by atoms with van der Waals surface area (Å²) < 4.78 is 0. The Morgan fingerprint density at radius 2 is 2.08 bits per heavy atom. The van der Waals surface area contributed by atoms with Crippen LogP contribution >= 0.6 is 0 Å². The molecule has 1 aliphatic rings. The highest BCUT2D eigenvalue weighted by atomic mass is 17.1. The van der Waals surface area contributed by atoms with Gasteiger partial charge in [-0.05, 0) is 25.2 Å². The molecule has 0 heterocycles. The van der Waals surface area contributed by atoms with Gasteiger partial charge in [0.2, 0.25) is 0 Å². The quantitative estimate of drug-likeness (QED) is 0.370. The Bertz CT molecular complexity index is 275. The molecule has 1 atom stereocenters. The molecule has 0 spiro atoms. The van der Waals surface area contributed by atoms with Gasteiger partial charge in [-0.25, -0.2) is 4.89 Å². The standard InChI is InChI=1S/C8H8O4/c1-5(12-11)7-4-6(9)2-3-8(7)10/h2-5,11H,1H3. The zero-order valence-electron chi connectivity index (χ0n) is 6.48. The Morgan fingerprint density at radius 3 is 2.67 bits per heavy atom. The van der Waals surface area contributed by atoms with Crippen molar-refractivity contribution in [2.45, 2.75) is 13.0 Å². The summed E-state index contributed by atoms with van der Waals surface area (Å²) in [6.07, 6.45) is 2.73.